The molecule has 0 aromatic carbocycles. The highest BCUT2D eigenvalue weighted by molar-refractivity contribution is 5.52. The molecule has 2 aromatic heterocycles. The van der Waals surface area contributed by atoms with Crippen molar-refractivity contribution in [3.8, 4) is 0 Å². The fraction of sp³-hybridized carbons (Fsp3) is 0.462. The SMILES string of the molecule is c1cc(N2CC3CNCC3C2)n2ccnc2c1. The van der Waals surface area contributed by atoms with E-state index in [-0.39, 0.29) is 0 Å². The summed E-state index contributed by atoms with van der Waals surface area (Å²) < 4.78 is 2.19. The van der Waals surface area contributed by atoms with E-state index in [1.165, 1.54) is 32.0 Å². The number of hydrogen-bond donors (Lipinski definition) is 1. The zero-order valence-electron chi connectivity index (χ0n) is 9.71. The molecular formula is C13H16N4. The molecule has 2 aromatic rings. The molecule has 2 aliphatic rings. The van der Waals surface area contributed by atoms with Crippen molar-refractivity contribution >= 4 is 11.5 Å². The number of aromatic nitrogens is 2. The number of pyridine rings is 1. The molecule has 2 unspecified atom stereocenters. The Labute approximate surface area is 100 Å². The molecule has 2 atom stereocenters. The van der Waals surface area contributed by atoms with Crippen LogP contribution < -0.4 is 10.2 Å². The summed E-state index contributed by atoms with van der Waals surface area (Å²) >= 11 is 0. The third kappa shape index (κ3) is 1.37. The highest BCUT2D eigenvalue weighted by Crippen LogP contribution is 2.30. The van der Waals surface area contributed by atoms with Gasteiger partial charge in [-0.05, 0) is 24.0 Å². The fourth-order valence-electron chi connectivity index (χ4n) is 3.23. The minimum absolute atomic E-state index is 0.828. The molecule has 0 amide bonds. The predicted octanol–water partition coefficient (Wildman–Crippen LogP) is 0.990. The number of rotatable bonds is 1. The largest absolute Gasteiger partial charge is 0.357 e. The molecule has 4 heteroatoms. The van der Waals surface area contributed by atoms with Crippen molar-refractivity contribution in [3.63, 3.8) is 0 Å². The van der Waals surface area contributed by atoms with Gasteiger partial charge in [0.15, 0.2) is 0 Å². The van der Waals surface area contributed by atoms with Gasteiger partial charge in [-0.3, -0.25) is 4.40 Å². The Morgan fingerprint density at radius 3 is 2.82 bits per heavy atom. The van der Waals surface area contributed by atoms with Crippen LogP contribution in [0.5, 0.6) is 0 Å². The number of hydrogen-bond acceptors (Lipinski definition) is 3. The van der Waals surface area contributed by atoms with Crippen LogP contribution in [0, 0.1) is 11.8 Å². The second kappa shape index (κ2) is 3.47. The van der Waals surface area contributed by atoms with Gasteiger partial charge < -0.3 is 10.2 Å². The highest BCUT2D eigenvalue weighted by Gasteiger charge is 2.36. The van der Waals surface area contributed by atoms with Crippen molar-refractivity contribution in [1.29, 1.82) is 0 Å². The fourth-order valence-corrected chi connectivity index (χ4v) is 3.23. The summed E-state index contributed by atoms with van der Waals surface area (Å²) in [5.74, 6) is 2.94. The van der Waals surface area contributed by atoms with Crippen LogP contribution in [0.15, 0.2) is 30.6 Å². The van der Waals surface area contributed by atoms with Gasteiger partial charge in [-0.2, -0.15) is 0 Å². The van der Waals surface area contributed by atoms with Gasteiger partial charge in [0.05, 0.1) is 0 Å². The lowest BCUT2D eigenvalue weighted by molar-refractivity contribution is 0.533. The van der Waals surface area contributed by atoms with Gasteiger partial charge in [0.1, 0.15) is 11.5 Å². The average Bonchev–Trinajstić information content (AvgIpc) is 3.02. The van der Waals surface area contributed by atoms with Gasteiger partial charge in [0, 0.05) is 38.6 Å². The molecular weight excluding hydrogens is 212 g/mol. The molecule has 2 aliphatic heterocycles. The molecule has 1 N–H and O–H groups in total. The average molecular weight is 228 g/mol. The molecule has 17 heavy (non-hydrogen) atoms. The van der Waals surface area contributed by atoms with Gasteiger partial charge in [-0.25, -0.2) is 4.98 Å². The molecule has 0 aliphatic carbocycles. The van der Waals surface area contributed by atoms with Crippen molar-refractivity contribution in [1.82, 2.24) is 14.7 Å². The van der Waals surface area contributed by atoms with Crippen LogP contribution in [0.1, 0.15) is 0 Å². The second-order valence-corrected chi connectivity index (χ2v) is 5.12. The zero-order valence-corrected chi connectivity index (χ0v) is 9.71. The van der Waals surface area contributed by atoms with Gasteiger partial charge >= 0.3 is 0 Å². The van der Waals surface area contributed by atoms with E-state index >= 15 is 0 Å². The summed E-state index contributed by atoms with van der Waals surface area (Å²) in [6.45, 7) is 4.71. The molecule has 2 fully saturated rings. The first-order chi connectivity index (χ1) is 8.42. The predicted molar refractivity (Wildman–Crippen MR) is 67.3 cm³/mol. The van der Waals surface area contributed by atoms with Crippen molar-refractivity contribution in [2.24, 2.45) is 11.8 Å². The maximum Gasteiger partial charge on any atom is 0.138 e. The third-order valence-electron chi connectivity index (χ3n) is 4.12. The summed E-state index contributed by atoms with van der Waals surface area (Å²) in [7, 11) is 0. The van der Waals surface area contributed by atoms with Crippen molar-refractivity contribution in [2.75, 3.05) is 31.1 Å². The standard InChI is InChI=1S/C13H16N4/c1-2-12-15-4-5-17(12)13(3-1)16-8-10-6-14-7-11(10)9-16/h1-5,10-11,14H,6-9H2. The van der Waals surface area contributed by atoms with Gasteiger partial charge in [-0.1, -0.05) is 6.07 Å². The maximum atomic E-state index is 4.35. The van der Waals surface area contributed by atoms with Gasteiger partial charge in [0.25, 0.3) is 0 Å². The number of nitrogens with zero attached hydrogens (tertiary/aromatic N) is 3. The first-order valence-electron chi connectivity index (χ1n) is 6.29. The van der Waals surface area contributed by atoms with Crippen LogP contribution in [0.2, 0.25) is 0 Å². The van der Waals surface area contributed by atoms with Crippen LogP contribution in [-0.2, 0) is 0 Å². The number of fused-ring (bicyclic) bond motifs is 2. The maximum absolute atomic E-state index is 4.35. The van der Waals surface area contributed by atoms with E-state index in [9.17, 15) is 0 Å². The Bertz CT molecular complexity index is 535. The van der Waals surface area contributed by atoms with E-state index in [1.807, 2.05) is 6.20 Å². The van der Waals surface area contributed by atoms with E-state index in [0.717, 1.165) is 17.5 Å². The topological polar surface area (TPSA) is 32.6 Å². The molecule has 0 bridgehead atoms. The second-order valence-electron chi connectivity index (χ2n) is 5.12. The molecule has 4 heterocycles. The van der Waals surface area contributed by atoms with Crippen LogP contribution >= 0.6 is 0 Å². The number of nitrogens with one attached hydrogen (secondary N) is 1. The molecule has 4 rings (SSSR count). The Morgan fingerprint density at radius 1 is 1.18 bits per heavy atom. The lowest BCUT2D eigenvalue weighted by atomic mass is 10.0. The summed E-state index contributed by atoms with van der Waals surface area (Å²) in [5.41, 5.74) is 1.04. The van der Waals surface area contributed by atoms with Gasteiger partial charge in [-0.15, -0.1) is 0 Å². The lowest BCUT2D eigenvalue weighted by Crippen LogP contribution is -2.26. The lowest BCUT2D eigenvalue weighted by Gasteiger charge is -2.20. The van der Waals surface area contributed by atoms with Crippen LogP contribution in [-0.4, -0.2) is 35.6 Å². The van der Waals surface area contributed by atoms with Gasteiger partial charge in [0.2, 0.25) is 0 Å². The Hall–Kier alpha value is -1.55. The van der Waals surface area contributed by atoms with E-state index in [2.05, 4.69) is 44.0 Å². The summed E-state index contributed by atoms with van der Waals surface area (Å²) in [4.78, 5) is 6.85. The summed E-state index contributed by atoms with van der Waals surface area (Å²) in [6.07, 6.45) is 3.92. The minimum atomic E-state index is 0.828. The zero-order chi connectivity index (χ0) is 11.2. The van der Waals surface area contributed by atoms with Crippen molar-refractivity contribution in [3.05, 3.63) is 30.6 Å². The van der Waals surface area contributed by atoms with E-state index < -0.39 is 0 Å². The molecule has 2 saturated heterocycles. The monoisotopic (exact) mass is 228 g/mol. The summed E-state index contributed by atoms with van der Waals surface area (Å²) in [6, 6.07) is 6.36. The Balaban J connectivity index is 1.73. The smallest absolute Gasteiger partial charge is 0.138 e. The number of imidazole rings is 1. The molecule has 0 radical (unpaired) electrons. The van der Waals surface area contributed by atoms with Crippen molar-refractivity contribution < 1.29 is 0 Å². The molecule has 88 valence electrons. The van der Waals surface area contributed by atoms with Crippen LogP contribution in [0.4, 0.5) is 5.82 Å². The quantitative estimate of drug-likeness (QED) is 0.790. The first-order valence-corrected chi connectivity index (χ1v) is 6.29. The van der Waals surface area contributed by atoms with E-state index in [1.54, 1.807) is 0 Å². The minimum Gasteiger partial charge on any atom is -0.357 e. The summed E-state index contributed by atoms with van der Waals surface area (Å²) in [5, 5.41) is 3.48. The normalized spacial score (nSPS) is 27.9. The number of anilines is 1. The highest BCUT2D eigenvalue weighted by atomic mass is 15.3. The Kier molecular flexibility index (Phi) is 1.93. The van der Waals surface area contributed by atoms with E-state index in [4.69, 9.17) is 0 Å². The van der Waals surface area contributed by atoms with Crippen LogP contribution in [0.3, 0.4) is 0 Å². The molecule has 0 spiro atoms. The molecule has 0 saturated carbocycles. The Morgan fingerprint density at radius 2 is 2.00 bits per heavy atom. The first kappa shape index (κ1) is 9.48. The molecule has 4 nitrogen and oxygen atoms in total. The third-order valence-corrected chi connectivity index (χ3v) is 4.12. The van der Waals surface area contributed by atoms with Crippen molar-refractivity contribution in [2.45, 2.75) is 0 Å². The van der Waals surface area contributed by atoms with Crippen LogP contribution in [0.25, 0.3) is 5.65 Å². The van der Waals surface area contributed by atoms with E-state index in [0.29, 0.717) is 0 Å².